The van der Waals surface area contributed by atoms with Gasteiger partial charge in [0.1, 0.15) is 0 Å². The van der Waals surface area contributed by atoms with Crippen LogP contribution in [0.1, 0.15) is 27.2 Å². The Labute approximate surface area is 146 Å². The molecule has 2 heterocycles. The fraction of sp³-hybridized carbons (Fsp3) is 0.158. The molecule has 6 nitrogen and oxygen atoms in total. The summed E-state index contributed by atoms with van der Waals surface area (Å²) in [6.45, 7) is 4.57. The molecule has 0 spiro atoms. The minimum atomic E-state index is -0.237. The van der Waals surface area contributed by atoms with Crippen molar-refractivity contribution in [2.75, 3.05) is 10.6 Å². The lowest BCUT2D eigenvalue weighted by Gasteiger charge is -2.08. The maximum atomic E-state index is 12.3. The van der Waals surface area contributed by atoms with E-state index in [1.165, 1.54) is 18.0 Å². The van der Waals surface area contributed by atoms with Gasteiger partial charge in [-0.25, -0.2) is 9.97 Å². The summed E-state index contributed by atoms with van der Waals surface area (Å²) in [4.78, 5) is 24.9. The number of benzene rings is 1. The Hall–Kier alpha value is -3.28. The summed E-state index contributed by atoms with van der Waals surface area (Å²) >= 11 is 0. The molecular formula is C19H19N5O. The Bertz CT molecular complexity index is 863. The Kier molecular flexibility index (Phi) is 4.99. The quantitative estimate of drug-likeness (QED) is 0.748. The summed E-state index contributed by atoms with van der Waals surface area (Å²) in [6, 6.07) is 11.5. The highest BCUT2D eigenvalue weighted by Gasteiger charge is 2.08. The molecule has 0 bridgehead atoms. The number of nitrogens with one attached hydrogen (secondary N) is 2. The molecule has 0 saturated carbocycles. The Balaban J connectivity index is 1.61. The van der Waals surface area contributed by atoms with Crippen molar-refractivity contribution in [1.29, 1.82) is 0 Å². The smallest absolute Gasteiger partial charge is 0.258 e. The molecular weight excluding hydrogens is 314 g/mol. The second-order valence-electron chi connectivity index (χ2n) is 5.72. The maximum Gasteiger partial charge on any atom is 0.258 e. The Morgan fingerprint density at radius 2 is 1.80 bits per heavy atom. The SMILES string of the molecule is Cc1ccc(NC(=O)c2cnc(NCc3ccccn3)nc2)cc1C. The zero-order valence-corrected chi connectivity index (χ0v) is 14.2. The lowest BCUT2D eigenvalue weighted by molar-refractivity contribution is 0.102. The van der Waals surface area contributed by atoms with Crippen LogP contribution >= 0.6 is 0 Å². The van der Waals surface area contributed by atoms with Gasteiger partial charge in [-0.15, -0.1) is 0 Å². The third kappa shape index (κ3) is 4.38. The van der Waals surface area contributed by atoms with Crippen molar-refractivity contribution in [3.63, 3.8) is 0 Å². The lowest BCUT2D eigenvalue weighted by Crippen LogP contribution is -2.13. The summed E-state index contributed by atoms with van der Waals surface area (Å²) in [5.74, 6) is 0.216. The van der Waals surface area contributed by atoms with Crippen LogP contribution in [0.4, 0.5) is 11.6 Å². The first-order valence-electron chi connectivity index (χ1n) is 7.96. The van der Waals surface area contributed by atoms with E-state index in [0.717, 1.165) is 16.9 Å². The van der Waals surface area contributed by atoms with E-state index in [-0.39, 0.29) is 5.91 Å². The average Bonchev–Trinajstić information content (AvgIpc) is 2.64. The Morgan fingerprint density at radius 3 is 2.48 bits per heavy atom. The van der Waals surface area contributed by atoms with E-state index >= 15 is 0 Å². The van der Waals surface area contributed by atoms with Crippen molar-refractivity contribution in [2.45, 2.75) is 20.4 Å². The van der Waals surface area contributed by atoms with Gasteiger partial charge in [-0.1, -0.05) is 12.1 Å². The second-order valence-corrected chi connectivity index (χ2v) is 5.72. The van der Waals surface area contributed by atoms with Crippen molar-refractivity contribution >= 4 is 17.5 Å². The number of nitrogens with zero attached hydrogens (tertiary/aromatic N) is 3. The summed E-state index contributed by atoms with van der Waals surface area (Å²) in [5.41, 5.74) is 4.36. The van der Waals surface area contributed by atoms with E-state index in [0.29, 0.717) is 18.1 Å². The zero-order valence-electron chi connectivity index (χ0n) is 14.2. The molecule has 6 heteroatoms. The van der Waals surface area contributed by atoms with E-state index in [2.05, 4.69) is 25.6 Å². The van der Waals surface area contributed by atoms with Crippen LogP contribution in [-0.2, 0) is 6.54 Å². The molecule has 2 aromatic heterocycles. The van der Waals surface area contributed by atoms with E-state index in [4.69, 9.17) is 0 Å². The van der Waals surface area contributed by atoms with Gasteiger partial charge >= 0.3 is 0 Å². The van der Waals surface area contributed by atoms with Gasteiger partial charge in [0.05, 0.1) is 17.8 Å². The molecule has 1 aromatic carbocycles. The van der Waals surface area contributed by atoms with Gasteiger partial charge in [-0.2, -0.15) is 0 Å². The van der Waals surface area contributed by atoms with Gasteiger partial charge in [0.2, 0.25) is 5.95 Å². The van der Waals surface area contributed by atoms with Crippen LogP contribution in [0.15, 0.2) is 55.0 Å². The highest BCUT2D eigenvalue weighted by molar-refractivity contribution is 6.03. The first-order chi connectivity index (χ1) is 12.1. The zero-order chi connectivity index (χ0) is 17.6. The topological polar surface area (TPSA) is 79.8 Å². The fourth-order valence-electron chi connectivity index (χ4n) is 2.23. The average molecular weight is 333 g/mol. The van der Waals surface area contributed by atoms with Crippen LogP contribution in [0, 0.1) is 13.8 Å². The second kappa shape index (κ2) is 7.53. The van der Waals surface area contributed by atoms with Gasteiger partial charge in [0, 0.05) is 24.3 Å². The normalized spacial score (nSPS) is 10.3. The predicted molar refractivity (Wildman–Crippen MR) is 97.5 cm³/mol. The molecule has 0 aliphatic rings. The minimum absolute atomic E-state index is 0.237. The molecule has 0 fully saturated rings. The van der Waals surface area contributed by atoms with Crippen molar-refractivity contribution < 1.29 is 4.79 Å². The van der Waals surface area contributed by atoms with E-state index in [1.54, 1.807) is 6.20 Å². The van der Waals surface area contributed by atoms with Crippen LogP contribution in [0.25, 0.3) is 0 Å². The van der Waals surface area contributed by atoms with Crippen LogP contribution in [0.5, 0.6) is 0 Å². The van der Waals surface area contributed by atoms with Gasteiger partial charge < -0.3 is 10.6 Å². The number of pyridine rings is 1. The molecule has 0 saturated heterocycles. The fourth-order valence-corrected chi connectivity index (χ4v) is 2.23. The number of aryl methyl sites for hydroxylation is 2. The molecule has 1 amide bonds. The molecule has 2 N–H and O–H groups in total. The molecule has 0 aliphatic heterocycles. The van der Waals surface area contributed by atoms with E-state index in [9.17, 15) is 4.79 Å². The summed E-state index contributed by atoms with van der Waals surface area (Å²) < 4.78 is 0. The monoisotopic (exact) mass is 333 g/mol. The molecule has 25 heavy (non-hydrogen) atoms. The van der Waals surface area contributed by atoms with Gasteiger partial charge in [0.15, 0.2) is 0 Å². The number of carbonyl (C=O) groups is 1. The maximum absolute atomic E-state index is 12.3. The van der Waals surface area contributed by atoms with E-state index in [1.807, 2.05) is 50.2 Å². The minimum Gasteiger partial charge on any atom is -0.349 e. The van der Waals surface area contributed by atoms with Crippen LogP contribution in [-0.4, -0.2) is 20.9 Å². The molecule has 0 radical (unpaired) electrons. The van der Waals surface area contributed by atoms with Crippen molar-refractivity contribution in [3.8, 4) is 0 Å². The lowest BCUT2D eigenvalue weighted by atomic mass is 10.1. The van der Waals surface area contributed by atoms with Crippen molar-refractivity contribution in [2.24, 2.45) is 0 Å². The van der Waals surface area contributed by atoms with Gasteiger partial charge in [-0.05, 0) is 49.2 Å². The number of carbonyl (C=O) groups excluding carboxylic acids is 1. The van der Waals surface area contributed by atoms with Crippen molar-refractivity contribution in [1.82, 2.24) is 15.0 Å². The van der Waals surface area contributed by atoms with Crippen LogP contribution < -0.4 is 10.6 Å². The number of hydrogen-bond acceptors (Lipinski definition) is 5. The summed E-state index contributed by atoms with van der Waals surface area (Å²) in [6.07, 6.45) is 4.74. The number of rotatable bonds is 5. The number of amides is 1. The number of anilines is 2. The highest BCUT2D eigenvalue weighted by atomic mass is 16.1. The van der Waals surface area contributed by atoms with E-state index < -0.39 is 0 Å². The molecule has 0 unspecified atom stereocenters. The van der Waals surface area contributed by atoms with Crippen LogP contribution in [0.3, 0.4) is 0 Å². The van der Waals surface area contributed by atoms with Crippen molar-refractivity contribution in [3.05, 3.63) is 77.4 Å². The largest absolute Gasteiger partial charge is 0.349 e. The number of hydrogen-bond donors (Lipinski definition) is 2. The molecule has 3 rings (SSSR count). The Morgan fingerprint density at radius 1 is 1.00 bits per heavy atom. The first kappa shape index (κ1) is 16.6. The van der Waals surface area contributed by atoms with Gasteiger partial charge in [0.25, 0.3) is 5.91 Å². The molecule has 3 aromatic rings. The molecule has 126 valence electrons. The standard InChI is InChI=1S/C19H19N5O/c1-13-6-7-16(9-14(13)2)24-18(25)15-10-21-19(22-11-15)23-12-17-5-3-4-8-20-17/h3-11H,12H2,1-2H3,(H,24,25)(H,21,22,23). The van der Waals surface area contributed by atoms with Crippen LogP contribution in [0.2, 0.25) is 0 Å². The summed E-state index contributed by atoms with van der Waals surface area (Å²) in [5, 5.41) is 5.93. The van der Waals surface area contributed by atoms with Gasteiger partial charge in [-0.3, -0.25) is 9.78 Å². The molecule has 0 aliphatic carbocycles. The molecule has 0 atom stereocenters. The third-order valence-corrected chi connectivity index (χ3v) is 3.83. The summed E-state index contributed by atoms with van der Waals surface area (Å²) in [7, 11) is 0. The first-order valence-corrected chi connectivity index (χ1v) is 7.96. The predicted octanol–water partition coefficient (Wildman–Crippen LogP) is 3.35. The number of aromatic nitrogens is 3. The highest BCUT2D eigenvalue weighted by Crippen LogP contribution is 2.15. The third-order valence-electron chi connectivity index (χ3n) is 3.83.